The van der Waals surface area contributed by atoms with Crippen molar-refractivity contribution in [3.8, 4) is 0 Å². The van der Waals surface area contributed by atoms with Gasteiger partial charge in [-0.2, -0.15) is 0 Å². The van der Waals surface area contributed by atoms with Gasteiger partial charge in [-0.25, -0.2) is 0 Å². The molecule has 0 aliphatic carbocycles. The number of rotatable bonds is 6. The summed E-state index contributed by atoms with van der Waals surface area (Å²) in [6.45, 7) is 6.95. The molecule has 76 valence electrons. The number of hydrogen-bond donors (Lipinski definition) is 0. The van der Waals surface area contributed by atoms with Gasteiger partial charge in [0.15, 0.2) is 0 Å². The topological polar surface area (TPSA) is 18.5 Å². The van der Waals surface area contributed by atoms with Crippen LogP contribution in [0.4, 0.5) is 0 Å². The minimum Gasteiger partial charge on any atom is -0.502 e. The van der Waals surface area contributed by atoms with Crippen LogP contribution in [0.2, 0.25) is 0 Å². The van der Waals surface area contributed by atoms with E-state index in [0.29, 0.717) is 5.41 Å². The zero-order valence-corrected chi connectivity index (χ0v) is 8.71. The lowest BCUT2D eigenvalue weighted by atomic mass is 9.79. The van der Waals surface area contributed by atoms with Crippen molar-refractivity contribution in [2.24, 2.45) is 5.41 Å². The summed E-state index contributed by atoms with van der Waals surface area (Å²) in [7, 11) is 0. The summed E-state index contributed by atoms with van der Waals surface area (Å²) in [4.78, 5) is 0. The first-order valence-electron chi connectivity index (χ1n) is 5.13. The molecule has 1 fully saturated rings. The van der Waals surface area contributed by atoms with Crippen LogP contribution in [0.15, 0.2) is 12.3 Å². The molecule has 0 radical (unpaired) electrons. The largest absolute Gasteiger partial charge is 0.502 e. The van der Waals surface area contributed by atoms with E-state index in [9.17, 15) is 0 Å². The standard InChI is InChI=1S/C11H20O2/c1-3-7-12-8-5-6-11(4-2)9-13-10-11/h3,7H,4-6,8-10H2,1-2H3/b7-3+. The van der Waals surface area contributed by atoms with E-state index < -0.39 is 0 Å². The zero-order valence-electron chi connectivity index (χ0n) is 8.71. The van der Waals surface area contributed by atoms with Gasteiger partial charge in [0.2, 0.25) is 0 Å². The van der Waals surface area contributed by atoms with Crippen molar-refractivity contribution in [2.45, 2.75) is 33.1 Å². The molecule has 0 atom stereocenters. The van der Waals surface area contributed by atoms with E-state index in [1.54, 1.807) is 6.26 Å². The second-order valence-corrected chi connectivity index (χ2v) is 3.79. The molecule has 2 heteroatoms. The molecule has 0 unspecified atom stereocenters. The highest BCUT2D eigenvalue weighted by Crippen LogP contribution is 2.35. The molecule has 2 nitrogen and oxygen atoms in total. The van der Waals surface area contributed by atoms with Gasteiger partial charge in [0, 0.05) is 5.41 Å². The van der Waals surface area contributed by atoms with Gasteiger partial charge in [0.1, 0.15) is 0 Å². The average Bonchev–Trinajstić information content (AvgIpc) is 2.09. The van der Waals surface area contributed by atoms with Crippen molar-refractivity contribution in [2.75, 3.05) is 19.8 Å². The Morgan fingerprint density at radius 3 is 2.69 bits per heavy atom. The third kappa shape index (κ3) is 3.03. The van der Waals surface area contributed by atoms with Gasteiger partial charge in [-0.1, -0.05) is 13.0 Å². The van der Waals surface area contributed by atoms with E-state index in [-0.39, 0.29) is 0 Å². The number of ether oxygens (including phenoxy) is 2. The molecule has 0 aromatic carbocycles. The average molecular weight is 184 g/mol. The van der Waals surface area contributed by atoms with E-state index in [1.807, 2.05) is 13.0 Å². The van der Waals surface area contributed by atoms with Crippen molar-refractivity contribution >= 4 is 0 Å². The molecular formula is C11H20O2. The first-order chi connectivity index (χ1) is 6.33. The first kappa shape index (κ1) is 10.6. The van der Waals surface area contributed by atoms with E-state index in [1.165, 1.54) is 12.8 Å². The fraction of sp³-hybridized carbons (Fsp3) is 0.818. The highest BCUT2D eigenvalue weighted by Gasteiger charge is 2.35. The second kappa shape index (κ2) is 5.28. The Labute approximate surface area is 80.9 Å². The SMILES string of the molecule is C/C=C/OCCCC1(CC)COC1. The molecule has 1 aliphatic heterocycles. The van der Waals surface area contributed by atoms with Crippen molar-refractivity contribution < 1.29 is 9.47 Å². The molecule has 0 saturated carbocycles. The molecule has 13 heavy (non-hydrogen) atoms. The maximum atomic E-state index is 5.27. The van der Waals surface area contributed by atoms with Gasteiger partial charge < -0.3 is 9.47 Å². The van der Waals surface area contributed by atoms with Gasteiger partial charge in [-0.3, -0.25) is 0 Å². The lowest BCUT2D eigenvalue weighted by Crippen LogP contribution is -2.42. The van der Waals surface area contributed by atoms with Crippen LogP contribution in [-0.4, -0.2) is 19.8 Å². The van der Waals surface area contributed by atoms with Crippen LogP contribution in [0.25, 0.3) is 0 Å². The number of allylic oxidation sites excluding steroid dienone is 1. The minimum absolute atomic E-state index is 0.485. The smallest absolute Gasteiger partial charge is 0.0873 e. The summed E-state index contributed by atoms with van der Waals surface area (Å²) in [6.07, 6.45) is 7.29. The molecule has 0 amide bonds. The Balaban J connectivity index is 2.04. The highest BCUT2D eigenvalue weighted by atomic mass is 16.5. The Morgan fingerprint density at radius 1 is 1.46 bits per heavy atom. The molecule has 0 aromatic heterocycles. The predicted molar refractivity (Wildman–Crippen MR) is 53.5 cm³/mol. The van der Waals surface area contributed by atoms with Crippen LogP contribution >= 0.6 is 0 Å². The van der Waals surface area contributed by atoms with Crippen LogP contribution in [0.5, 0.6) is 0 Å². The van der Waals surface area contributed by atoms with Gasteiger partial charge in [-0.05, 0) is 26.2 Å². The summed E-state index contributed by atoms with van der Waals surface area (Å²) in [5, 5.41) is 0. The Kier molecular flexibility index (Phi) is 4.29. The van der Waals surface area contributed by atoms with Crippen molar-refractivity contribution in [1.29, 1.82) is 0 Å². The van der Waals surface area contributed by atoms with Gasteiger partial charge >= 0.3 is 0 Å². The van der Waals surface area contributed by atoms with Crippen molar-refractivity contribution in [1.82, 2.24) is 0 Å². The molecule has 0 bridgehead atoms. The van der Waals surface area contributed by atoms with E-state index in [0.717, 1.165) is 26.2 Å². The van der Waals surface area contributed by atoms with Crippen LogP contribution in [-0.2, 0) is 9.47 Å². The zero-order chi connectivity index (χ0) is 9.57. The lowest BCUT2D eigenvalue weighted by molar-refractivity contribution is -0.121. The molecule has 1 aliphatic rings. The number of hydrogen-bond acceptors (Lipinski definition) is 2. The molecular weight excluding hydrogens is 164 g/mol. The first-order valence-corrected chi connectivity index (χ1v) is 5.13. The van der Waals surface area contributed by atoms with Crippen LogP contribution < -0.4 is 0 Å². The summed E-state index contributed by atoms with van der Waals surface area (Å²) < 4.78 is 10.5. The van der Waals surface area contributed by atoms with Crippen LogP contribution in [0, 0.1) is 5.41 Å². The lowest BCUT2D eigenvalue weighted by Gasteiger charge is -2.40. The molecule has 0 aromatic rings. The fourth-order valence-electron chi connectivity index (χ4n) is 1.61. The van der Waals surface area contributed by atoms with Crippen LogP contribution in [0.3, 0.4) is 0 Å². The highest BCUT2D eigenvalue weighted by molar-refractivity contribution is 4.83. The van der Waals surface area contributed by atoms with E-state index in [4.69, 9.17) is 9.47 Å². The summed E-state index contributed by atoms with van der Waals surface area (Å²) in [5.41, 5.74) is 0.485. The molecule has 1 rings (SSSR count). The monoisotopic (exact) mass is 184 g/mol. The minimum atomic E-state index is 0.485. The maximum Gasteiger partial charge on any atom is 0.0873 e. The van der Waals surface area contributed by atoms with Gasteiger partial charge in [0.25, 0.3) is 0 Å². The van der Waals surface area contributed by atoms with E-state index in [2.05, 4.69) is 6.92 Å². The molecule has 0 spiro atoms. The molecule has 1 heterocycles. The van der Waals surface area contributed by atoms with Gasteiger partial charge in [-0.15, -0.1) is 0 Å². The second-order valence-electron chi connectivity index (χ2n) is 3.79. The summed E-state index contributed by atoms with van der Waals surface area (Å²) in [5.74, 6) is 0. The summed E-state index contributed by atoms with van der Waals surface area (Å²) in [6, 6.07) is 0. The maximum absolute atomic E-state index is 5.27. The van der Waals surface area contributed by atoms with Gasteiger partial charge in [0.05, 0.1) is 26.1 Å². The Bertz CT molecular complexity index is 154. The third-order valence-electron chi connectivity index (χ3n) is 2.77. The molecule has 1 saturated heterocycles. The quantitative estimate of drug-likeness (QED) is 0.467. The summed E-state index contributed by atoms with van der Waals surface area (Å²) >= 11 is 0. The molecule has 0 N–H and O–H groups in total. The normalized spacial score (nSPS) is 20.2. The Hall–Kier alpha value is -0.500. The Morgan fingerprint density at radius 2 is 2.23 bits per heavy atom. The van der Waals surface area contributed by atoms with Crippen molar-refractivity contribution in [3.05, 3.63) is 12.3 Å². The third-order valence-corrected chi connectivity index (χ3v) is 2.77. The predicted octanol–water partition coefficient (Wildman–Crippen LogP) is 2.74. The van der Waals surface area contributed by atoms with Crippen LogP contribution in [0.1, 0.15) is 33.1 Å². The van der Waals surface area contributed by atoms with E-state index >= 15 is 0 Å². The fourth-order valence-corrected chi connectivity index (χ4v) is 1.61. The van der Waals surface area contributed by atoms with Crippen molar-refractivity contribution in [3.63, 3.8) is 0 Å².